The Balaban J connectivity index is 1.71. The fourth-order valence-corrected chi connectivity index (χ4v) is 4.38. The molecule has 1 saturated carbocycles. The van der Waals surface area contributed by atoms with E-state index in [9.17, 15) is 0 Å². The van der Waals surface area contributed by atoms with Crippen LogP contribution in [-0.4, -0.2) is 27.5 Å². The molecular weight excluding hydrogens is 298 g/mol. The molecule has 0 radical (unpaired) electrons. The summed E-state index contributed by atoms with van der Waals surface area (Å²) in [5.41, 5.74) is 3.06. The van der Waals surface area contributed by atoms with E-state index in [1.807, 2.05) is 0 Å². The predicted octanol–water partition coefficient (Wildman–Crippen LogP) is 5.55. The van der Waals surface area contributed by atoms with Gasteiger partial charge in [0.1, 0.15) is 0 Å². The van der Waals surface area contributed by atoms with Crippen LogP contribution in [0.5, 0.6) is 0 Å². The van der Waals surface area contributed by atoms with E-state index in [0.29, 0.717) is 11.1 Å². The van der Waals surface area contributed by atoms with Crippen LogP contribution in [0.1, 0.15) is 57.9 Å². The molecule has 1 saturated heterocycles. The molecule has 0 aromatic heterocycles. The lowest BCUT2D eigenvalue weighted by atomic mass is 10.1. The average Bonchev–Trinajstić information content (AvgIpc) is 3.22. The summed E-state index contributed by atoms with van der Waals surface area (Å²) in [5.74, 6) is 0.814. The number of hydrogen-bond donors (Lipinski definition) is 0. The van der Waals surface area contributed by atoms with E-state index >= 15 is 0 Å². The Kier molecular flexibility index (Phi) is 4.63. The summed E-state index contributed by atoms with van der Waals surface area (Å²) in [5, 5.41) is 0.294. The van der Waals surface area contributed by atoms with Gasteiger partial charge in [0.25, 0.3) is 0 Å². The molecule has 1 aromatic rings. The highest BCUT2D eigenvalue weighted by Gasteiger charge is 2.39. The maximum absolute atomic E-state index is 6.54. The van der Waals surface area contributed by atoms with E-state index in [2.05, 4.69) is 63.0 Å². The van der Waals surface area contributed by atoms with E-state index in [1.165, 1.54) is 37.9 Å². The Hall–Kier alpha value is -0.803. The fraction of sp³-hybridized carbons (Fsp3) is 0.700. The normalized spacial score (nSPS) is 22.7. The third-order valence-electron chi connectivity index (χ3n) is 6.08. The summed E-state index contributed by atoms with van der Waals surface area (Å²) in [6, 6.07) is 9.64. The Labute approximate surface area is 143 Å². The van der Waals surface area contributed by atoms with Crippen molar-refractivity contribution in [2.45, 2.75) is 76.5 Å². The standard InChI is InChI=1S/C20H33NOSi/c1-20(2,3)23(4,5)22-15-17-9-8-14-21(17)19-11-7-6-10-18(19)16-12-13-16/h6-7,10-11,16-17H,8-9,12-15H2,1-5H3. The Bertz CT molecular complexity index is 545. The first-order valence-corrected chi connectivity index (χ1v) is 12.2. The van der Waals surface area contributed by atoms with Gasteiger partial charge in [0, 0.05) is 12.2 Å². The molecular formula is C20H33NOSi. The van der Waals surface area contributed by atoms with Crippen LogP contribution >= 0.6 is 0 Å². The van der Waals surface area contributed by atoms with Crippen LogP contribution in [0.15, 0.2) is 24.3 Å². The first-order valence-electron chi connectivity index (χ1n) is 9.29. The second kappa shape index (κ2) is 6.25. The largest absolute Gasteiger partial charge is 0.415 e. The van der Waals surface area contributed by atoms with Gasteiger partial charge in [-0.3, -0.25) is 0 Å². The molecule has 1 heterocycles. The number of para-hydroxylation sites is 1. The molecule has 1 aliphatic heterocycles. The molecule has 2 nitrogen and oxygen atoms in total. The summed E-state index contributed by atoms with van der Waals surface area (Å²) >= 11 is 0. The van der Waals surface area contributed by atoms with E-state index in [1.54, 1.807) is 5.56 Å². The van der Waals surface area contributed by atoms with Crippen LogP contribution in [-0.2, 0) is 4.43 Å². The minimum absolute atomic E-state index is 0.294. The first kappa shape index (κ1) is 17.0. The van der Waals surface area contributed by atoms with Crippen molar-refractivity contribution in [2.24, 2.45) is 0 Å². The van der Waals surface area contributed by atoms with Gasteiger partial charge in [0.15, 0.2) is 8.32 Å². The second-order valence-corrected chi connectivity index (χ2v) is 13.7. The van der Waals surface area contributed by atoms with Crippen LogP contribution < -0.4 is 4.90 Å². The van der Waals surface area contributed by atoms with Crippen molar-refractivity contribution in [3.8, 4) is 0 Å². The third-order valence-corrected chi connectivity index (χ3v) is 10.6. The van der Waals surface area contributed by atoms with Gasteiger partial charge in [-0.1, -0.05) is 39.0 Å². The van der Waals surface area contributed by atoms with E-state index in [0.717, 1.165) is 12.5 Å². The molecule has 128 valence electrons. The summed E-state index contributed by atoms with van der Waals surface area (Å²) in [6.07, 6.45) is 5.31. The summed E-state index contributed by atoms with van der Waals surface area (Å²) < 4.78 is 6.54. The van der Waals surface area contributed by atoms with Crippen molar-refractivity contribution in [3.63, 3.8) is 0 Å². The lowest BCUT2D eigenvalue weighted by Crippen LogP contribution is -2.45. The number of anilines is 1. The highest BCUT2D eigenvalue weighted by Crippen LogP contribution is 2.45. The highest BCUT2D eigenvalue weighted by atomic mass is 28.4. The Morgan fingerprint density at radius 2 is 1.83 bits per heavy atom. The lowest BCUT2D eigenvalue weighted by molar-refractivity contribution is 0.263. The lowest BCUT2D eigenvalue weighted by Gasteiger charge is -2.38. The second-order valence-electron chi connectivity index (χ2n) is 8.89. The van der Waals surface area contributed by atoms with Gasteiger partial charge in [0.2, 0.25) is 0 Å². The molecule has 1 aromatic carbocycles. The van der Waals surface area contributed by atoms with Crippen LogP contribution in [0.25, 0.3) is 0 Å². The highest BCUT2D eigenvalue weighted by molar-refractivity contribution is 6.74. The zero-order valence-corrected chi connectivity index (χ0v) is 16.6. The molecule has 1 atom stereocenters. The summed E-state index contributed by atoms with van der Waals surface area (Å²) in [4.78, 5) is 2.64. The number of rotatable bonds is 5. The van der Waals surface area contributed by atoms with Gasteiger partial charge < -0.3 is 9.33 Å². The number of hydrogen-bond acceptors (Lipinski definition) is 2. The van der Waals surface area contributed by atoms with Gasteiger partial charge >= 0.3 is 0 Å². The fourth-order valence-electron chi connectivity index (χ4n) is 3.34. The monoisotopic (exact) mass is 331 g/mol. The van der Waals surface area contributed by atoms with Crippen molar-refractivity contribution in [1.82, 2.24) is 0 Å². The maximum atomic E-state index is 6.54. The van der Waals surface area contributed by atoms with Crippen molar-refractivity contribution in [2.75, 3.05) is 18.1 Å². The topological polar surface area (TPSA) is 12.5 Å². The Morgan fingerprint density at radius 3 is 2.48 bits per heavy atom. The van der Waals surface area contributed by atoms with E-state index < -0.39 is 8.32 Å². The molecule has 1 unspecified atom stereocenters. The molecule has 23 heavy (non-hydrogen) atoms. The zero-order chi connectivity index (χ0) is 16.7. The number of nitrogens with zero attached hydrogens (tertiary/aromatic N) is 1. The Morgan fingerprint density at radius 1 is 1.13 bits per heavy atom. The first-order chi connectivity index (χ1) is 10.8. The van der Waals surface area contributed by atoms with E-state index in [-0.39, 0.29) is 0 Å². The molecule has 2 aliphatic rings. The van der Waals surface area contributed by atoms with Crippen molar-refractivity contribution < 1.29 is 4.43 Å². The van der Waals surface area contributed by atoms with Gasteiger partial charge in [-0.05, 0) is 61.4 Å². The molecule has 0 amide bonds. The smallest absolute Gasteiger partial charge is 0.192 e. The molecule has 0 N–H and O–H groups in total. The van der Waals surface area contributed by atoms with Gasteiger partial charge in [-0.15, -0.1) is 0 Å². The zero-order valence-electron chi connectivity index (χ0n) is 15.6. The molecule has 3 rings (SSSR count). The average molecular weight is 332 g/mol. The molecule has 1 aliphatic carbocycles. The van der Waals surface area contributed by atoms with Gasteiger partial charge in [0.05, 0.1) is 12.6 Å². The quantitative estimate of drug-likeness (QED) is 0.655. The SMILES string of the molecule is CC(C)(C)[Si](C)(C)OCC1CCCN1c1ccccc1C1CC1. The maximum Gasteiger partial charge on any atom is 0.192 e. The van der Waals surface area contributed by atoms with Crippen LogP contribution in [0.4, 0.5) is 5.69 Å². The van der Waals surface area contributed by atoms with Crippen molar-refractivity contribution >= 4 is 14.0 Å². The summed E-state index contributed by atoms with van der Waals surface area (Å²) in [7, 11) is -1.65. The van der Waals surface area contributed by atoms with Crippen molar-refractivity contribution in [1.29, 1.82) is 0 Å². The molecule has 2 fully saturated rings. The van der Waals surface area contributed by atoms with Crippen LogP contribution in [0, 0.1) is 0 Å². The summed E-state index contributed by atoms with van der Waals surface area (Å²) in [6.45, 7) is 13.8. The van der Waals surface area contributed by atoms with Crippen LogP contribution in [0.3, 0.4) is 0 Å². The van der Waals surface area contributed by atoms with Gasteiger partial charge in [-0.25, -0.2) is 0 Å². The molecule has 0 spiro atoms. The number of benzene rings is 1. The van der Waals surface area contributed by atoms with Crippen molar-refractivity contribution in [3.05, 3.63) is 29.8 Å². The van der Waals surface area contributed by atoms with Crippen LogP contribution in [0.2, 0.25) is 18.1 Å². The van der Waals surface area contributed by atoms with Gasteiger partial charge in [-0.2, -0.15) is 0 Å². The minimum Gasteiger partial charge on any atom is -0.415 e. The minimum atomic E-state index is -1.65. The third kappa shape index (κ3) is 3.66. The predicted molar refractivity (Wildman–Crippen MR) is 102 cm³/mol. The van der Waals surface area contributed by atoms with E-state index in [4.69, 9.17) is 4.43 Å². The molecule has 3 heteroatoms. The molecule has 0 bridgehead atoms.